The SMILES string of the molecule is O=C(c1cc(C(=O)c2ccccc2-c2ccccc2)cc(C(=O)c2ccccc2-c2ccccc2)c1)c1ccccc1-c1ccccc1. The topological polar surface area (TPSA) is 51.2 Å². The highest BCUT2D eigenvalue weighted by molar-refractivity contribution is 6.20. The Morgan fingerprint density at radius 2 is 0.500 bits per heavy atom. The van der Waals surface area contributed by atoms with Crippen LogP contribution in [-0.4, -0.2) is 17.3 Å². The van der Waals surface area contributed by atoms with Crippen molar-refractivity contribution in [1.82, 2.24) is 0 Å². The molecule has 0 atom stereocenters. The van der Waals surface area contributed by atoms with Gasteiger partial charge in [0.1, 0.15) is 0 Å². The van der Waals surface area contributed by atoms with Crippen molar-refractivity contribution in [2.45, 2.75) is 0 Å². The summed E-state index contributed by atoms with van der Waals surface area (Å²) in [6.45, 7) is 0. The largest absolute Gasteiger partial charge is 0.289 e. The molecular formula is C45H30O3. The molecule has 3 nitrogen and oxygen atoms in total. The van der Waals surface area contributed by atoms with Crippen molar-refractivity contribution < 1.29 is 14.4 Å². The molecule has 0 N–H and O–H groups in total. The van der Waals surface area contributed by atoms with Gasteiger partial charge < -0.3 is 0 Å². The Balaban J connectivity index is 1.39. The van der Waals surface area contributed by atoms with Gasteiger partial charge in [0.2, 0.25) is 0 Å². The highest BCUT2D eigenvalue weighted by Crippen LogP contribution is 2.31. The summed E-state index contributed by atoms with van der Waals surface area (Å²) in [6, 6.07) is 56.3. The van der Waals surface area contributed by atoms with Gasteiger partial charge in [-0.2, -0.15) is 0 Å². The summed E-state index contributed by atoms with van der Waals surface area (Å²) in [7, 11) is 0. The summed E-state index contributed by atoms with van der Waals surface area (Å²) < 4.78 is 0. The molecule has 228 valence electrons. The lowest BCUT2D eigenvalue weighted by atomic mass is 9.87. The van der Waals surface area contributed by atoms with Gasteiger partial charge in [-0.3, -0.25) is 14.4 Å². The van der Waals surface area contributed by atoms with Crippen molar-refractivity contribution in [3.8, 4) is 33.4 Å². The third-order valence-electron chi connectivity index (χ3n) is 8.49. The van der Waals surface area contributed by atoms with E-state index in [1.165, 1.54) is 0 Å². The molecule has 7 aromatic rings. The van der Waals surface area contributed by atoms with Crippen molar-refractivity contribution in [1.29, 1.82) is 0 Å². The molecule has 7 rings (SSSR count). The third kappa shape index (κ3) is 6.05. The zero-order chi connectivity index (χ0) is 32.9. The summed E-state index contributed by atoms with van der Waals surface area (Å²) in [5.41, 5.74) is 7.29. The van der Waals surface area contributed by atoms with E-state index in [1.807, 2.05) is 146 Å². The van der Waals surface area contributed by atoms with Gasteiger partial charge in [-0.15, -0.1) is 0 Å². The number of ketones is 3. The molecule has 0 aliphatic heterocycles. The number of hydrogen-bond donors (Lipinski definition) is 0. The maximum Gasteiger partial charge on any atom is 0.193 e. The first-order chi connectivity index (χ1) is 23.6. The molecule has 0 aliphatic carbocycles. The Bertz CT molecular complexity index is 2000. The second kappa shape index (κ2) is 13.5. The highest BCUT2D eigenvalue weighted by Gasteiger charge is 2.23. The minimum Gasteiger partial charge on any atom is -0.289 e. The zero-order valence-electron chi connectivity index (χ0n) is 26.0. The van der Waals surface area contributed by atoms with E-state index < -0.39 is 0 Å². The summed E-state index contributed by atoms with van der Waals surface area (Å²) in [4.78, 5) is 43.3. The van der Waals surface area contributed by atoms with Crippen LogP contribution in [0.4, 0.5) is 0 Å². The first kappa shape index (κ1) is 30.2. The third-order valence-corrected chi connectivity index (χ3v) is 8.49. The van der Waals surface area contributed by atoms with Crippen LogP contribution in [0.5, 0.6) is 0 Å². The quantitative estimate of drug-likeness (QED) is 0.151. The Morgan fingerprint density at radius 3 is 0.771 bits per heavy atom. The van der Waals surface area contributed by atoms with E-state index >= 15 is 0 Å². The Morgan fingerprint density at radius 1 is 0.271 bits per heavy atom. The van der Waals surface area contributed by atoms with Crippen molar-refractivity contribution in [2.75, 3.05) is 0 Å². The lowest BCUT2D eigenvalue weighted by molar-refractivity contribution is 0.103. The van der Waals surface area contributed by atoms with Gasteiger partial charge in [0.25, 0.3) is 0 Å². The van der Waals surface area contributed by atoms with Gasteiger partial charge in [0, 0.05) is 33.4 Å². The first-order valence-corrected chi connectivity index (χ1v) is 15.8. The Hall–Kier alpha value is -6.45. The average Bonchev–Trinajstić information content (AvgIpc) is 3.18. The fraction of sp³-hybridized carbons (Fsp3) is 0. The number of rotatable bonds is 9. The lowest BCUT2D eigenvalue weighted by Crippen LogP contribution is -2.12. The fourth-order valence-corrected chi connectivity index (χ4v) is 6.14. The second-order valence-corrected chi connectivity index (χ2v) is 11.5. The van der Waals surface area contributed by atoms with Crippen LogP contribution in [0, 0.1) is 0 Å². The monoisotopic (exact) mass is 618 g/mol. The van der Waals surface area contributed by atoms with Gasteiger partial charge >= 0.3 is 0 Å². The molecule has 0 bridgehead atoms. The van der Waals surface area contributed by atoms with Crippen LogP contribution in [0.1, 0.15) is 47.8 Å². The highest BCUT2D eigenvalue weighted by atomic mass is 16.1. The molecule has 0 amide bonds. The number of benzene rings is 7. The second-order valence-electron chi connectivity index (χ2n) is 11.5. The van der Waals surface area contributed by atoms with Crippen LogP contribution in [0.15, 0.2) is 182 Å². The Labute approximate surface area is 279 Å². The molecule has 0 fully saturated rings. The van der Waals surface area contributed by atoms with E-state index in [0.29, 0.717) is 16.7 Å². The van der Waals surface area contributed by atoms with E-state index in [0.717, 1.165) is 33.4 Å². The van der Waals surface area contributed by atoms with Gasteiger partial charge in [-0.1, -0.05) is 164 Å². The molecule has 7 aromatic carbocycles. The van der Waals surface area contributed by atoms with E-state index in [4.69, 9.17) is 0 Å². The summed E-state index contributed by atoms with van der Waals surface area (Å²) in [5, 5.41) is 0. The van der Waals surface area contributed by atoms with E-state index in [1.54, 1.807) is 36.4 Å². The average molecular weight is 619 g/mol. The molecule has 0 spiro atoms. The van der Waals surface area contributed by atoms with Gasteiger partial charge in [-0.25, -0.2) is 0 Å². The molecule has 3 heteroatoms. The lowest BCUT2D eigenvalue weighted by Gasteiger charge is -2.14. The maximum absolute atomic E-state index is 14.4. The van der Waals surface area contributed by atoms with Gasteiger partial charge in [0.15, 0.2) is 17.3 Å². The van der Waals surface area contributed by atoms with Crippen LogP contribution in [0.2, 0.25) is 0 Å². The summed E-state index contributed by atoms with van der Waals surface area (Å²) in [6.07, 6.45) is 0. The van der Waals surface area contributed by atoms with Gasteiger partial charge in [0.05, 0.1) is 0 Å². The molecule has 48 heavy (non-hydrogen) atoms. The standard InChI is InChI=1S/C45H30O3/c46-43(40-25-13-10-22-37(40)31-16-4-1-5-17-31)34-28-35(44(47)41-26-14-11-23-38(41)32-18-6-2-7-19-32)30-36(29-34)45(48)42-27-15-12-24-39(42)33-20-8-3-9-21-33/h1-30H. The van der Waals surface area contributed by atoms with E-state index in [-0.39, 0.29) is 34.0 Å². The molecule has 0 unspecified atom stereocenters. The minimum absolute atomic E-state index is 0.266. The predicted octanol–water partition coefficient (Wildman–Crippen LogP) is 10.4. The zero-order valence-corrected chi connectivity index (χ0v) is 26.0. The summed E-state index contributed by atoms with van der Waals surface area (Å²) >= 11 is 0. The molecule has 0 aromatic heterocycles. The van der Waals surface area contributed by atoms with Crippen LogP contribution in [0.25, 0.3) is 33.4 Å². The Kier molecular flexibility index (Phi) is 8.50. The minimum atomic E-state index is -0.272. The normalized spacial score (nSPS) is 10.8. The van der Waals surface area contributed by atoms with Crippen LogP contribution < -0.4 is 0 Å². The number of carbonyl (C=O) groups is 3. The van der Waals surface area contributed by atoms with E-state index in [2.05, 4.69) is 0 Å². The maximum atomic E-state index is 14.4. The molecule has 0 radical (unpaired) electrons. The van der Waals surface area contributed by atoms with Crippen molar-refractivity contribution in [3.05, 3.63) is 215 Å². The molecule has 0 heterocycles. The smallest absolute Gasteiger partial charge is 0.193 e. The van der Waals surface area contributed by atoms with Gasteiger partial charge in [-0.05, 0) is 51.6 Å². The van der Waals surface area contributed by atoms with Crippen LogP contribution >= 0.6 is 0 Å². The number of carbonyl (C=O) groups excluding carboxylic acids is 3. The molecule has 0 saturated carbocycles. The first-order valence-electron chi connectivity index (χ1n) is 15.8. The molecular weight excluding hydrogens is 588 g/mol. The summed E-state index contributed by atoms with van der Waals surface area (Å²) in [5.74, 6) is -0.817. The van der Waals surface area contributed by atoms with Crippen LogP contribution in [-0.2, 0) is 0 Å². The van der Waals surface area contributed by atoms with Crippen LogP contribution in [0.3, 0.4) is 0 Å². The molecule has 0 saturated heterocycles. The predicted molar refractivity (Wildman–Crippen MR) is 192 cm³/mol. The number of hydrogen-bond acceptors (Lipinski definition) is 3. The van der Waals surface area contributed by atoms with Crippen molar-refractivity contribution in [3.63, 3.8) is 0 Å². The van der Waals surface area contributed by atoms with Crippen molar-refractivity contribution >= 4 is 17.3 Å². The fourth-order valence-electron chi connectivity index (χ4n) is 6.14. The van der Waals surface area contributed by atoms with Crippen molar-refractivity contribution in [2.24, 2.45) is 0 Å². The molecule has 0 aliphatic rings. The van der Waals surface area contributed by atoms with E-state index in [9.17, 15) is 14.4 Å².